The van der Waals surface area contributed by atoms with Crippen LogP contribution in [0.3, 0.4) is 0 Å². The molecule has 1 rings (SSSR count). The third-order valence-electron chi connectivity index (χ3n) is 3.60. The van der Waals surface area contributed by atoms with Gasteiger partial charge in [-0.05, 0) is 40.0 Å². The Morgan fingerprint density at radius 2 is 1.70 bits per heavy atom. The van der Waals surface area contributed by atoms with E-state index >= 15 is 0 Å². The van der Waals surface area contributed by atoms with Gasteiger partial charge in [0.05, 0.1) is 18.6 Å². The molecule has 0 radical (unpaired) electrons. The van der Waals surface area contributed by atoms with Crippen LogP contribution in [0.5, 0.6) is 0 Å². The Hall–Kier alpha value is -1.52. The Balaban J connectivity index is 2.73. The molecule has 5 heteroatoms. The molecule has 1 amide bonds. The van der Waals surface area contributed by atoms with E-state index in [1.807, 2.05) is 6.92 Å². The second-order valence-corrected chi connectivity index (χ2v) is 5.32. The van der Waals surface area contributed by atoms with Crippen LogP contribution in [0, 0.1) is 5.41 Å². The van der Waals surface area contributed by atoms with Gasteiger partial charge in [0, 0.05) is 13.1 Å². The van der Waals surface area contributed by atoms with Crippen molar-refractivity contribution in [1.29, 1.82) is 0 Å². The van der Waals surface area contributed by atoms with E-state index in [0.717, 1.165) is 5.57 Å². The number of piperidine rings is 1. The molecule has 0 bridgehead atoms. The molecule has 0 unspecified atom stereocenters. The molecule has 1 saturated heterocycles. The lowest BCUT2D eigenvalue weighted by molar-refractivity contribution is -0.158. The second kappa shape index (κ2) is 7.31. The first kappa shape index (κ1) is 16.5. The molecule has 20 heavy (non-hydrogen) atoms. The van der Waals surface area contributed by atoms with Crippen molar-refractivity contribution in [3.8, 4) is 0 Å². The Morgan fingerprint density at radius 3 is 2.15 bits per heavy atom. The predicted octanol–water partition coefficient (Wildman–Crippen LogP) is 2.75. The molecule has 0 aromatic carbocycles. The standard InChI is InChI=1S/C15H25NO4/c1-5-19-13(17)15(11-12(3)4)7-9-16(10-8-15)14(18)20-6-2/h3,5-11H2,1-2,4H3. The van der Waals surface area contributed by atoms with Crippen molar-refractivity contribution in [2.45, 2.75) is 40.0 Å². The Bertz CT molecular complexity index is 370. The minimum absolute atomic E-state index is 0.175. The zero-order chi connectivity index (χ0) is 15.2. The molecule has 114 valence electrons. The molecule has 0 spiro atoms. The van der Waals surface area contributed by atoms with Crippen molar-refractivity contribution in [2.24, 2.45) is 5.41 Å². The maximum absolute atomic E-state index is 12.3. The largest absolute Gasteiger partial charge is 0.466 e. The van der Waals surface area contributed by atoms with Gasteiger partial charge in [0.1, 0.15) is 0 Å². The molecule has 0 saturated carbocycles. The molecule has 0 aliphatic carbocycles. The summed E-state index contributed by atoms with van der Waals surface area (Å²) < 4.78 is 10.2. The lowest BCUT2D eigenvalue weighted by Gasteiger charge is -2.39. The zero-order valence-corrected chi connectivity index (χ0v) is 12.7. The minimum Gasteiger partial charge on any atom is -0.466 e. The van der Waals surface area contributed by atoms with Gasteiger partial charge in [-0.15, -0.1) is 6.58 Å². The highest BCUT2D eigenvalue weighted by atomic mass is 16.6. The van der Waals surface area contributed by atoms with Gasteiger partial charge in [-0.3, -0.25) is 4.79 Å². The molecule has 1 aliphatic rings. The number of nitrogens with zero attached hydrogens (tertiary/aromatic N) is 1. The van der Waals surface area contributed by atoms with Crippen molar-refractivity contribution >= 4 is 12.1 Å². The van der Waals surface area contributed by atoms with E-state index in [1.165, 1.54) is 0 Å². The topological polar surface area (TPSA) is 55.8 Å². The summed E-state index contributed by atoms with van der Waals surface area (Å²) in [5.74, 6) is -0.175. The van der Waals surface area contributed by atoms with E-state index in [0.29, 0.717) is 45.6 Å². The highest BCUT2D eigenvalue weighted by Crippen LogP contribution is 2.38. The van der Waals surface area contributed by atoms with Gasteiger partial charge < -0.3 is 14.4 Å². The van der Waals surface area contributed by atoms with Crippen LogP contribution in [0.4, 0.5) is 4.79 Å². The van der Waals surface area contributed by atoms with Crippen molar-refractivity contribution in [2.75, 3.05) is 26.3 Å². The van der Waals surface area contributed by atoms with Crippen LogP contribution in [-0.2, 0) is 14.3 Å². The fourth-order valence-corrected chi connectivity index (χ4v) is 2.65. The number of carbonyl (C=O) groups is 2. The number of amides is 1. The summed E-state index contributed by atoms with van der Waals surface area (Å²) in [6.45, 7) is 11.2. The Morgan fingerprint density at radius 1 is 1.15 bits per heavy atom. The average Bonchev–Trinajstić information content (AvgIpc) is 2.39. The molecule has 0 N–H and O–H groups in total. The van der Waals surface area contributed by atoms with Gasteiger partial charge in [0.25, 0.3) is 0 Å². The van der Waals surface area contributed by atoms with Gasteiger partial charge in [-0.1, -0.05) is 5.57 Å². The smallest absolute Gasteiger partial charge is 0.409 e. The number of hydrogen-bond acceptors (Lipinski definition) is 4. The quantitative estimate of drug-likeness (QED) is 0.575. The summed E-state index contributed by atoms with van der Waals surface area (Å²) in [7, 11) is 0. The van der Waals surface area contributed by atoms with Crippen LogP contribution in [0.25, 0.3) is 0 Å². The van der Waals surface area contributed by atoms with Gasteiger partial charge in [-0.25, -0.2) is 4.79 Å². The highest BCUT2D eigenvalue weighted by Gasteiger charge is 2.43. The van der Waals surface area contributed by atoms with E-state index in [9.17, 15) is 9.59 Å². The van der Waals surface area contributed by atoms with E-state index in [-0.39, 0.29) is 12.1 Å². The van der Waals surface area contributed by atoms with E-state index in [4.69, 9.17) is 9.47 Å². The summed E-state index contributed by atoms with van der Waals surface area (Å²) in [6.07, 6.45) is 1.50. The molecular formula is C15H25NO4. The van der Waals surface area contributed by atoms with Crippen LogP contribution < -0.4 is 0 Å². The van der Waals surface area contributed by atoms with Crippen molar-refractivity contribution in [3.05, 3.63) is 12.2 Å². The number of rotatable bonds is 5. The SMILES string of the molecule is C=C(C)CC1(C(=O)OCC)CCN(C(=O)OCC)CC1. The zero-order valence-electron chi connectivity index (χ0n) is 12.7. The maximum Gasteiger partial charge on any atom is 0.409 e. The number of ether oxygens (including phenoxy) is 2. The monoisotopic (exact) mass is 283 g/mol. The van der Waals surface area contributed by atoms with E-state index in [2.05, 4.69) is 6.58 Å². The van der Waals surface area contributed by atoms with Crippen LogP contribution in [0.1, 0.15) is 40.0 Å². The third-order valence-corrected chi connectivity index (χ3v) is 3.60. The van der Waals surface area contributed by atoms with Crippen LogP contribution in [0.15, 0.2) is 12.2 Å². The second-order valence-electron chi connectivity index (χ2n) is 5.32. The van der Waals surface area contributed by atoms with Crippen molar-refractivity contribution < 1.29 is 19.1 Å². The lowest BCUT2D eigenvalue weighted by atomic mass is 9.74. The minimum atomic E-state index is -0.537. The van der Waals surface area contributed by atoms with Gasteiger partial charge in [0.2, 0.25) is 0 Å². The van der Waals surface area contributed by atoms with Crippen LogP contribution >= 0.6 is 0 Å². The number of carbonyl (C=O) groups excluding carboxylic acids is 2. The third kappa shape index (κ3) is 3.99. The molecule has 1 fully saturated rings. The molecular weight excluding hydrogens is 258 g/mol. The highest BCUT2D eigenvalue weighted by molar-refractivity contribution is 5.78. The van der Waals surface area contributed by atoms with Gasteiger partial charge in [-0.2, -0.15) is 0 Å². The summed E-state index contributed by atoms with van der Waals surface area (Å²) >= 11 is 0. The number of hydrogen-bond donors (Lipinski definition) is 0. The first-order valence-corrected chi connectivity index (χ1v) is 7.18. The maximum atomic E-state index is 12.3. The fraction of sp³-hybridized carbons (Fsp3) is 0.733. The normalized spacial score (nSPS) is 17.4. The Kier molecular flexibility index (Phi) is 6.05. The van der Waals surface area contributed by atoms with Gasteiger partial charge in [0.15, 0.2) is 0 Å². The fourth-order valence-electron chi connectivity index (χ4n) is 2.65. The predicted molar refractivity (Wildman–Crippen MR) is 76.3 cm³/mol. The van der Waals surface area contributed by atoms with Crippen LogP contribution in [0.2, 0.25) is 0 Å². The summed E-state index contributed by atoms with van der Waals surface area (Å²) in [6, 6.07) is 0. The van der Waals surface area contributed by atoms with Crippen molar-refractivity contribution in [3.63, 3.8) is 0 Å². The molecule has 1 heterocycles. The number of likely N-dealkylation sites (tertiary alicyclic amines) is 1. The van der Waals surface area contributed by atoms with E-state index < -0.39 is 5.41 Å². The first-order chi connectivity index (χ1) is 9.45. The van der Waals surface area contributed by atoms with E-state index in [1.54, 1.807) is 18.7 Å². The summed E-state index contributed by atoms with van der Waals surface area (Å²) in [5, 5.41) is 0. The Labute approximate surface area is 120 Å². The molecule has 1 aliphatic heterocycles. The number of esters is 1. The van der Waals surface area contributed by atoms with Crippen LogP contribution in [-0.4, -0.2) is 43.3 Å². The number of allylic oxidation sites excluding steroid dienone is 1. The molecule has 5 nitrogen and oxygen atoms in total. The summed E-state index contributed by atoms with van der Waals surface area (Å²) in [5.41, 5.74) is 0.424. The van der Waals surface area contributed by atoms with Gasteiger partial charge >= 0.3 is 12.1 Å². The molecule has 0 atom stereocenters. The van der Waals surface area contributed by atoms with Crippen molar-refractivity contribution in [1.82, 2.24) is 4.90 Å². The molecule has 0 aromatic heterocycles. The summed E-state index contributed by atoms with van der Waals surface area (Å²) in [4.78, 5) is 25.6. The lowest BCUT2D eigenvalue weighted by Crippen LogP contribution is -2.47. The average molecular weight is 283 g/mol. The molecule has 0 aromatic rings. The first-order valence-electron chi connectivity index (χ1n) is 7.18.